The molecule has 40 heavy (non-hydrogen) atoms. The summed E-state index contributed by atoms with van der Waals surface area (Å²) in [5, 5.41) is 17.2. The van der Waals surface area contributed by atoms with Crippen LogP contribution in [0, 0.1) is 11.3 Å². The van der Waals surface area contributed by atoms with Crippen LogP contribution < -0.4 is 10.6 Å². The number of rotatable bonds is 13. The summed E-state index contributed by atoms with van der Waals surface area (Å²) in [6, 6.07) is 8.49. The Morgan fingerprint density at radius 1 is 1.07 bits per heavy atom. The van der Waals surface area contributed by atoms with Gasteiger partial charge < -0.3 is 20.6 Å². The van der Waals surface area contributed by atoms with Gasteiger partial charge in [0.05, 0.1) is 12.1 Å². The molecule has 224 valence electrons. The number of carbonyl (C=O) groups excluding carboxylic acids is 3. The standard InChI is InChI=1S/C32H52N4O4/c1-7-8-17-33-28(38)23(2)20-27(37)26(21-25-13-10-9-11-14-25)34-29(39)24(3)36-19-16-32(30(36)40)15-12-18-35(32)22-31(4,5)6/h9-11,13-14,23-24,26-27,37H,7-8,12,15-22H2,1-6H3,(H,33,38)(H,34,39)/t23-,24+,26+,27+,32+/m1/s1. The average molecular weight is 557 g/mol. The summed E-state index contributed by atoms with van der Waals surface area (Å²) < 4.78 is 0. The number of amides is 3. The number of nitrogens with one attached hydrogen (secondary N) is 2. The molecule has 2 fully saturated rings. The Balaban J connectivity index is 1.69. The van der Waals surface area contributed by atoms with E-state index in [2.05, 4.69) is 43.2 Å². The number of aliphatic hydroxyl groups excluding tert-OH is 1. The molecule has 1 spiro atoms. The molecule has 8 heteroatoms. The van der Waals surface area contributed by atoms with Gasteiger partial charge in [-0.3, -0.25) is 19.3 Å². The Hall–Kier alpha value is -2.45. The van der Waals surface area contributed by atoms with Gasteiger partial charge in [0.25, 0.3) is 0 Å². The van der Waals surface area contributed by atoms with Gasteiger partial charge in [0.1, 0.15) is 11.6 Å². The van der Waals surface area contributed by atoms with Crippen LogP contribution in [0.1, 0.15) is 85.6 Å². The van der Waals surface area contributed by atoms with Crippen LogP contribution in [0.5, 0.6) is 0 Å². The largest absolute Gasteiger partial charge is 0.391 e. The van der Waals surface area contributed by atoms with Crippen LogP contribution in [0.15, 0.2) is 30.3 Å². The van der Waals surface area contributed by atoms with Gasteiger partial charge in [0, 0.05) is 25.6 Å². The highest BCUT2D eigenvalue weighted by Gasteiger charge is 2.55. The van der Waals surface area contributed by atoms with E-state index in [1.165, 1.54) is 0 Å². The van der Waals surface area contributed by atoms with Crippen molar-refractivity contribution < 1.29 is 19.5 Å². The minimum absolute atomic E-state index is 0.0504. The molecular formula is C32H52N4O4. The number of hydrogen-bond donors (Lipinski definition) is 3. The van der Waals surface area contributed by atoms with E-state index in [1.54, 1.807) is 11.8 Å². The van der Waals surface area contributed by atoms with Crippen molar-refractivity contribution in [3.05, 3.63) is 35.9 Å². The molecule has 2 aliphatic heterocycles. The van der Waals surface area contributed by atoms with Crippen molar-refractivity contribution in [2.24, 2.45) is 11.3 Å². The van der Waals surface area contributed by atoms with Crippen molar-refractivity contribution in [2.75, 3.05) is 26.2 Å². The van der Waals surface area contributed by atoms with E-state index in [1.807, 2.05) is 37.3 Å². The Morgan fingerprint density at radius 3 is 2.42 bits per heavy atom. The fourth-order valence-electron chi connectivity index (χ4n) is 6.21. The third kappa shape index (κ3) is 8.06. The maximum Gasteiger partial charge on any atom is 0.243 e. The molecule has 3 rings (SSSR count). The molecular weight excluding hydrogens is 504 g/mol. The van der Waals surface area contributed by atoms with E-state index in [0.717, 1.165) is 50.8 Å². The molecule has 0 aromatic heterocycles. The molecule has 0 saturated carbocycles. The van der Waals surface area contributed by atoms with Gasteiger partial charge in [0.15, 0.2) is 0 Å². The lowest BCUT2D eigenvalue weighted by Crippen LogP contribution is -2.57. The van der Waals surface area contributed by atoms with Gasteiger partial charge in [-0.25, -0.2) is 0 Å². The molecule has 0 radical (unpaired) electrons. The highest BCUT2D eigenvalue weighted by atomic mass is 16.3. The first kappa shape index (κ1) is 32.1. The van der Waals surface area contributed by atoms with Crippen LogP contribution in [0.3, 0.4) is 0 Å². The maximum atomic E-state index is 13.8. The number of nitrogens with zero attached hydrogens (tertiary/aromatic N) is 2. The summed E-state index contributed by atoms with van der Waals surface area (Å²) in [6.07, 6.45) is 4.22. The predicted octanol–water partition coefficient (Wildman–Crippen LogP) is 3.52. The molecule has 3 N–H and O–H groups in total. The monoisotopic (exact) mass is 556 g/mol. The number of unbranched alkanes of at least 4 members (excludes halogenated alkanes) is 1. The van der Waals surface area contributed by atoms with Crippen LogP contribution in [0.4, 0.5) is 0 Å². The van der Waals surface area contributed by atoms with E-state index in [9.17, 15) is 19.5 Å². The zero-order chi connectivity index (χ0) is 29.5. The first-order chi connectivity index (χ1) is 18.9. The van der Waals surface area contributed by atoms with E-state index in [-0.39, 0.29) is 29.6 Å². The highest BCUT2D eigenvalue weighted by molar-refractivity contribution is 5.94. The van der Waals surface area contributed by atoms with Crippen LogP contribution >= 0.6 is 0 Å². The van der Waals surface area contributed by atoms with Crippen molar-refractivity contribution in [1.82, 2.24) is 20.4 Å². The molecule has 3 amide bonds. The summed E-state index contributed by atoms with van der Waals surface area (Å²) in [5.41, 5.74) is 0.559. The third-order valence-corrected chi connectivity index (χ3v) is 8.52. The van der Waals surface area contributed by atoms with Crippen molar-refractivity contribution in [3.63, 3.8) is 0 Å². The molecule has 8 nitrogen and oxygen atoms in total. The van der Waals surface area contributed by atoms with E-state index < -0.39 is 29.6 Å². The van der Waals surface area contributed by atoms with Gasteiger partial charge in [-0.15, -0.1) is 0 Å². The fourth-order valence-corrected chi connectivity index (χ4v) is 6.21. The number of hydrogen-bond acceptors (Lipinski definition) is 5. The second kappa shape index (κ2) is 13.9. The molecule has 0 aliphatic carbocycles. The first-order valence-electron chi connectivity index (χ1n) is 15.2. The third-order valence-electron chi connectivity index (χ3n) is 8.52. The minimum atomic E-state index is -0.916. The van der Waals surface area contributed by atoms with Crippen LogP contribution in [0.25, 0.3) is 0 Å². The second-order valence-electron chi connectivity index (χ2n) is 13.2. The van der Waals surface area contributed by atoms with Gasteiger partial charge in [0.2, 0.25) is 17.7 Å². The summed E-state index contributed by atoms with van der Waals surface area (Å²) in [5.74, 6) is -0.703. The highest BCUT2D eigenvalue weighted by Crippen LogP contribution is 2.41. The number of carbonyl (C=O) groups is 3. The van der Waals surface area contributed by atoms with E-state index in [4.69, 9.17) is 0 Å². The molecule has 0 unspecified atom stereocenters. The fraction of sp³-hybridized carbons (Fsp3) is 0.719. The Labute approximate surface area is 241 Å². The summed E-state index contributed by atoms with van der Waals surface area (Å²) in [7, 11) is 0. The van der Waals surface area contributed by atoms with E-state index >= 15 is 0 Å². The molecule has 2 aliphatic rings. The second-order valence-corrected chi connectivity index (χ2v) is 13.2. The summed E-state index contributed by atoms with van der Waals surface area (Å²) >= 11 is 0. The molecule has 5 atom stereocenters. The lowest BCUT2D eigenvalue weighted by Gasteiger charge is -2.38. The predicted molar refractivity (Wildman–Crippen MR) is 159 cm³/mol. The molecule has 1 aromatic carbocycles. The van der Waals surface area contributed by atoms with Crippen LogP contribution in [-0.4, -0.2) is 82.5 Å². The lowest BCUT2D eigenvalue weighted by atomic mass is 9.90. The van der Waals surface area contributed by atoms with Crippen LogP contribution in [-0.2, 0) is 20.8 Å². The van der Waals surface area contributed by atoms with Gasteiger partial charge in [-0.05, 0) is 63.0 Å². The Morgan fingerprint density at radius 2 is 1.77 bits per heavy atom. The number of aliphatic hydroxyl groups is 1. The first-order valence-corrected chi connectivity index (χ1v) is 15.2. The number of likely N-dealkylation sites (tertiary alicyclic amines) is 2. The normalized spacial score (nSPS) is 22.8. The maximum absolute atomic E-state index is 13.8. The molecule has 2 heterocycles. The van der Waals surface area contributed by atoms with Crippen molar-refractivity contribution in [3.8, 4) is 0 Å². The van der Waals surface area contributed by atoms with Crippen molar-refractivity contribution in [2.45, 2.75) is 110 Å². The average Bonchev–Trinajstić information content (AvgIpc) is 3.45. The van der Waals surface area contributed by atoms with Gasteiger partial charge in [-0.1, -0.05) is 71.4 Å². The summed E-state index contributed by atoms with van der Waals surface area (Å²) in [4.78, 5) is 44.0. The smallest absolute Gasteiger partial charge is 0.243 e. The van der Waals surface area contributed by atoms with Gasteiger partial charge >= 0.3 is 0 Å². The zero-order valence-corrected chi connectivity index (χ0v) is 25.5. The van der Waals surface area contributed by atoms with Crippen LogP contribution in [0.2, 0.25) is 0 Å². The minimum Gasteiger partial charge on any atom is -0.391 e. The zero-order valence-electron chi connectivity index (χ0n) is 25.5. The molecule has 0 bridgehead atoms. The molecule has 1 aromatic rings. The van der Waals surface area contributed by atoms with Crippen molar-refractivity contribution >= 4 is 17.7 Å². The van der Waals surface area contributed by atoms with Crippen molar-refractivity contribution in [1.29, 1.82) is 0 Å². The number of benzene rings is 1. The Bertz CT molecular complexity index is 994. The molecule has 2 saturated heterocycles. The SMILES string of the molecule is CCCCNC(=O)[C@H](C)C[C@H](O)[C@H](Cc1ccccc1)NC(=O)[C@H](C)N1CC[C@@]2(CCCN2CC(C)(C)C)C1=O. The lowest BCUT2D eigenvalue weighted by molar-refractivity contribution is -0.143. The topological polar surface area (TPSA) is 102 Å². The van der Waals surface area contributed by atoms with Gasteiger partial charge in [-0.2, -0.15) is 0 Å². The Kier molecular flexibility index (Phi) is 11.2. The quantitative estimate of drug-likeness (QED) is 0.323. The van der Waals surface area contributed by atoms with E-state index in [0.29, 0.717) is 19.5 Å². The summed E-state index contributed by atoms with van der Waals surface area (Å²) in [6.45, 7) is 15.2.